The lowest BCUT2D eigenvalue weighted by Crippen LogP contribution is -2.41. The lowest BCUT2D eigenvalue weighted by Gasteiger charge is -2.29. The number of hydrogen-bond donors (Lipinski definition) is 2. The highest BCUT2D eigenvalue weighted by atomic mass is 35.5. The van der Waals surface area contributed by atoms with Gasteiger partial charge in [0.25, 0.3) is 0 Å². The van der Waals surface area contributed by atoms with Gasteiger partial charge in [-0.05, 0) is 41.6 Å². The van der Waals surface area contributed by atoms with E-state index in [1.807, 2.05) is 48.5 Å². The monoisotopic (exact) mass is 351 g/mol. The van der Waals surface area contributed by atoms with Crippen molar-refractivity contribution in [1.29, 1.82) is 0 Å². The van der Waals surface area contributed by atoms with Crippen molar-refractivity contribution < 1.29 is 14.4 Å². The topological polar surface area (TPSA) is 55.1 Å². The molecule has 24 heavy (non-hydrogen) atoms. The maximum atomic E-state index is 12.7. The van der Waals surface area contributed by atoms with Gasteiger partial charge >= 0.3 is 0 Å². The molecule has 1 aliphatic rings. The van der Waals surface area contributed by atoms with Crippen LogP contribution in [0.15, 0.2) is 48.5 Å². The van der Waals surface area contributed by atoms with E-state index in [0.717, 1.165) is 22.3 Å². The fourth-order valence-corrected chi connectivity index (χ4v) is 3.55. The second-order valence-electron chi connectivity index (χ2n) is 5.77. The van der Waals surface area contributed by atoms with Gasteiger partial charge in [-0.2, -0.15) is 0 Å². The maximum Gasteiger partial charge on any atom is 0.232 e. The molecule has 0 unspecified atom stereocenters. The maximum absolute atomic E-state index is 12.7. The van der Waals surface area contributed by atoms with E-state index in [4.69, 9.17) is 15.3 Å². The van der Waals surface area contributed by atoms with Crippen LogP contribution in [0.1, 0.15) is 47.3 Å². The molecule has 1 aliphatic carbocycles. The Morgan fingerprint density at radius 2 is 1.71 bits per heavy atom. The number of primary amides is 1. The zero-order chi connectivity index (χ0) is 22.4. The van der Waals surface area contributed by atoms with Gasteiger partial charge in [0.15, 0.2) is 0 Å². The zero-order valence-electron chi connectivity index (χ0n) is 20.1. The average molecular weight is 352 g/mol. The Labute approximate surface area is 159 Å². The lowest BCUT2D eigenvalue weighted by molar-refractivity contribution is -0.122. The van der Waals surface area contributed by atoms with Crippen molar-refractivity contribution in [2.75, 3.05) is 6.54 Å². The zero-order valence-corrected chi connectivity index (χ0v) is 14.0. The molecular formula is C20H25ClN2O. The fourth-order valence-electron chi connectivity index (χ4n) is 3.55. The summed E-state index contributed by atoms with van der Waals surface area (Å²) >= 11 is 0. The molecule has 3 nitrogen and oxygen atoms in total. The van der Waals surface area contributed by atoms with Crippen LogP contribution in [0.5, 0.6) is 0 Å². The van der Waals surface area contributed by atoms with Crippen molar-refractivity contribution >= 4 is 18.3 Å². The van der Waals surface area contributed by atoms with Gasteiger partial charge in [-0.1, -0.05) is 62.2 Å². The number of nitrogens with two attached hydrogens (primary N) is 1. The second kappa shape index (κ2) is 7.37. The quantitative estimate of drug-likeness (QED) is 0.781. The highest BCUT2D eigenvalue weighted by molar-refractivity contribution is 5.99. The molecule has 0 aliphatic heterocycles. The molecule has 0 bridgehead atoms. The first-order valence-electron chi connectivity index (χ1n) is 11.1. The predicted octanol–water partition coefficient (Wildman–Crippen LogP) is 3.64. The van der Waals surface area contributed by atoms with Crippen LogP contribution in [0.2, 0.25) is 0 Å². The summed E-state index contributed by atoms with van der Waals surface area (Å²) in [5, 5.41) is 2.39. The molecule has 4 heteroatoms. The summed E-state index contributed by atoms with van der Waals surface area (Å²) in [6.45, 7) is -6.17. The first-order valence-corrected chi connectivity index (χ1v) is 7.60. The number of nitrogens with one attached hydrogen (secondary N) is 1. The van der Waals surface area contributed by atoms with E-state index < -0.39 is 31.0 Å². The molecule has 0 radical (unpaired) electrons. The first-order chi connectivity index (χ1) is 13.9. The summed E-state index contributed by atoms with van der Waals surface area (Å²) < 4.78 is 53.0. The number of carbonyl (C=O) groups excluding carboxylic acids is 1. The molecule has 2 aromatic rings. The number of carbonyl (C=O) groups is 1. The normalized spacial score (nSPS) is 19.8. The lowest BCUT2D eigenvalue weighted by atomic mass is 9.74. The molecule has 0 saturated carbocycles. The first kappa shape index (κ1) is 10.9. The van der Waals surface area contributed by atoms with Crippen molar-refractivity contribution in [3.8, 4) is 11.1 Å². The molecule has 0 fully saturated rings. The van der Waals surface area contributed by atoms with Gasteiger partial charge in [-0.15, -0.1) is 12.4 Å². The van der Waals surface area contributed by atoms with Gasteiger partial charge in [0.05, 0.1) is 5.41 Å². The van der Waals surface area contributed by atoms with Crippen LogP contribution in [-0.4, -0.2) is 18.5 Å². The van der Waals surface area contributed by atoms with E-state index in [-0.39, 0.29) is 31.8 Å². The van der Waals surface area contributed by atoms with E-state index in [1.165, 1.54) is 0 Å². The van der Waals surface area contributed by atoms with Crippen LogP contribution >= 0.6 is 12.4 Å². The molecule has 0 saturated heterocycles. The minimum Gasteiger partial charge on any atom is -0.369 e. The standard InChI is InChI=1S/C20H24N2O.ClH/c1-14(2)22-13-7-12-20(19(21)23)17-10-5-3-8-15(17)16-9-4-6-11-18(16)20;/h3-6,8-11,14,22H,7,12-13H2,1-2H3,(H2,21,23);1H/i1D3,2D3,14D;. The van der Waals surface area contributed by atoms with E-state index in [9.17, 15) is 4.79 Å². The van der Waals surface area contributed by atoms with E-state index in [1.54, 1.807) is 0 Å². The molecule has 1 amide bonds. The van der Waals surface area contributed by atoms with Crippen molar-refractivity contribution in [1.82, 2.24) is 5.32 Å². The summed E-state index contributed by atoms with van der Waals surface area (Å²) in [5.41, 5.74) is 8.19. The minimum absolute atomic E-state index is 0. The van der Waals surface area contributed by atoms with E-state index in [0.29, 0.717) is 0 Å². The van der Waals surface area contributed by atoms with Crippen molar-refractivity contribution in [2.24, 2.45) is 5.73 Å². The Morgan fingerprint density at radius 1 is 1.17 bits per heavy atom. The molecule has 2 aromatic carbocycles. The number of benzene rings is 2. The van der Waals surface area contributed by atoms with Gasteiger partial charge in [-0.25, -0.2) is 0 Å². The molecule has 0 heterocycles. The van der Waals surface area contributed by atoms with Crippen LogP contribution in [0.4, 0.5) is 0 Å². The van der Waals surface area contributed by atoms with Crippen LogP contribution < -0.4 is 11.1 Å². The molecule has 0 atom stereocenters. The highest BCUT2D eigenvalue weighted by Gasteiger charge is 2.47. The Hall–Kier alpha value is -1.84. The van der Waals surface area contributed by atoms with Gasteiger partial charge < -0.3 is 11.1 Å². The highest BCUT2D eigenvalue weighted by Crippen LogP contribution is 2.50. The van der Waals surface area contributed by atoms with Crippen LogP contribution in [-0.2, 0) is 10.2 Å². The van der Waals surface area contributed by atoms with Crippen molar-refractivity contribution in [3.63, 3.8) is 0 Å². The third-order valence-electron chi connectivity index (χ3n) is 4.51. The third-order valence-corrected chi connectivity index (χ3v) is 4.51. The smallest absolute Gasteiger partial charge is 0.232 e. The summed E-state index contributed by atoms with van der Waals surface area (Å²) in [6, 6.07) is 12.2. The Bertz CT molecular complexity index is 900. The van der Waals surface area contributed by atoms with Gasteiger partial charge in [0.2, 0.25) is 5.91 Å². The van der Waals surface area contributed by atoms with Gasteiger partial charge in [0.1, 0.15) is 0 Å². The number of hydrogen-bond acceptors (Lipinski definition) is 2. The fraction of sp³-hybridized carbons (Fsp3) is 0.350. The molecule has 3 rings (SSSR count). The SMILES string of the molecule is Cl.[2H]C([2H])([2H])C([2H])(NCCCC1(C(N)=O)c2ccccc2-c2ccccc21)C([2H])([2H])[2H]. The van der Waals surface area contributed by atoms with Crippen LogP contribution in [0.25, 0.3) is 11.1 Å². The number of fused-ring (bicyclic) bond motifs is 3. The minimum atomic E-state index is -3.05. The number of rotatable bonds is 6. The summed E-state index contributed by atoms with van der Waals surface area (Å²) in [7, 11) is 0. The molecule has 0 spiro atoms. The number of amides is 1. The number of halogens is 1. The second-order valence-corrected chi connectivity index (χ2v) is 5.77. The van der Waals surface area contributed by atoms with E-state index in [2.05, 4.69) is 5.32 Å². The Balaban J connectivity index is 0.00000341. The van der Waals surface area contributed by atoms with Crippen LogP contribution in [0.3, 0.4) is 0 Å². The molecule has 128 valence electrons. The van der Waals surface area contributed by atoms with E-state index >= 15 is 0 Å². The van der Waals surface area contributed by atoms with Crippen molar-refractivity contribution in [3.05, 3.63) is 59.7 Å². The predicted molar refractivity (Wildman–Crippen MR) is 101 cm³/mol. The molecular weight excluding hydrogens is 320 g/mol. The Kier molecular flexibility index (Phi) is 3.35. The average Bonchev–Trinajstić information content (AvgIpc) is 2.95. The Morgan fingerprint density at radius 3 is 2.21 bits per heavy atom. The van der Waals surface area contributed by atoms with Gasteiger partial charge in [0, 0.05) is 15.6 Å². The summed E-state index contributed by atoms with van der Waals surface area (Å²) in [4.78, 5) is 12.7. The largest absolute Gasteiger partial charge is 0.369 e. The third kappa shape index (κ3) is 2.94. The van der Waals surface area contributed by atoms with Crippen molar-refractivity contribution in [2.45, 2.75) is 38.0 Å². The van der Waals surface area contributed by atoms with Crippen LogP contribution in [0, 0.1) is 0 Å². The molecule has 0 aromatic heterocycles. The van der Waals surface area contributed by atoms with Gasteiger partial charge in [-0.3, -0.25) is 4.79 Å². The molecule has 3 N–H and O–H groups in total. The summed E-state index contributed by atoms with van der Waals surface area (Å²) in [6.07, 6.45) is 0.500. The summed E-state index contributed by atoms with van der Waals surface area (Å²) in [5.74, 6) is -0.524.